The van der Waals surface area contributed by atoms with E-state index in [1.807, 2.05) is 0 Å². The number of hydrogen-bond donors (Lipinski definition) is 1. The minimum absolute atomic E-state index is 0.0894. The summed E-state index contributed by atoms with van der Waals surface area (Å²) in [6.07, 6.45) is 6.91. The maximum absolute atomic E-state index is 12.7. The van der Waals surface area contributed by atoms with Gasteiger partial charge in [0.15, 0.2) is 0 Å². The molecule has 2 saturated carbocycles. The molecule has 1 aromatic heterocycles. The van der Waals surface area contributed by atoms with Crippen molar-refractivity contribution in [1.82, 2.24) is 15.1 Å². The number of carbonyl (C=O) groups is 2. The van der Waals surface area contributed by atoms with Crippen molar-refractivity contribution in [3.8, 4) is 0 Å². The van der Waals surface area contributed by atoms with Crippen LogP contribution in [0.2, 0.25) is 0 Å². The van der Waals surface area contributed by atoms with Crippen molar-refractivity contribution in [2.45, 2.75) is 38.3 Å². The standard InChI is InChI=1S/C17H25N3O5S/c1-25-17(22)15(14(11-3-4-11)12-5-6-12)19-16(21)13-7-8-18-20(13)9-10-26(2,23)24/h7-8,11-12,14-15H,3-6,9-10H2,1-2H3,(H,19,21)/t15-/m0/s1. The molecule has 0 radical (unpaired) electrons. The van der Waals surface area contributed by atoms with E-state index in [0.717, 1.165) is 31.9 Å². The highest BCUT2D eigenvalue weighted by Gasteiger charge is 2.48. The van der Waals surface area contributed by atoms with E-state index < -0.39 is 27.8 Å². The van der Waals surface area contributed by atoms with E-state index in [2.05, 4.69) is 10.4 Å². The molecule has 0 unspecified atom stereocenters. The van der Waals surface area contributed by atoms with Crippen LogP contribution in [0.25, 0.3) is 0 Å². The summed E-state index contributed by atoms with van der Waals surface area (Å²) in [5.74, 6) is 0.0623. The number of ether oxygens (including phenoxy) is 1. The number of nitrogens with zero attached hydrogens (tertiary/aromatic N) is 2. The summed E-state index contributed by atoms with van der Waals surface area (Å²) >= 11 is 0. The molecule has 2 fully saturated rings. The first-order valence-corrected chi connectivity index (χ1v) is 10.9. The van der Waals surface area contributed by atoms with Gasteiger partial charge >= 0.3 is 5.97 Å². The first kappa shape index (κ1) is 18.9. The Bertz CT molecular complexity index is 768. The smallest absolute Gasteiger partial charge is 0.328 e. The molecule has 0 saturated heterocycles. The molecule has 2 aliphatic carbocycles. The molecule has 0 aromatic carbocycles. The van der Waals surface area contributed by atoms with E-state index in [0.29, 0.717) is 11.8 Å². The number of methoxy groups -OCH3 is 1. The molecule has 0 bridgehead atoms. The van der Waals surface area contributed by atoms with Gasteiger partial charge in [0.1, 0.15) is 21.6 Å². The highest BCUT2D eigenvalue weighted by Crippen LogP contribution is 2.50. The average molecular weight is 383 g/mol. The van der Waals surface area contributed by atoms with Crippen LogP contribution < -0.4 is 5.32 Å². The van der Waals surface area contributed by atoms with Crippen molar-refractivity contribution < 1.29 is 22.7 Å². The van der Waals surface area contributed by atoms with Crippen LogP contribution in [-0.4, -0.2) is 55.2 Å². The fourth-order valence-electron chi connectivity index (χ4n) is 3.50. The van der Waals surface area contributed by atoms with Crippen LogP contribution in [0.1, 0.15) is 36.2 Å². The van der Waals surface area contributed by atoms with E-state index >= 15 is 0 Å². The van der Waals surface area contributed by atoms with Gasteiger partial charge in [-0.1, -0.05) is 0 Å². The fraction of sp³-hybridized carbons (Fsp3) is 0.706. The summed E-state index contributed by atoms with van der Waals surface area (Å²) in [5.41, 5.74) is 0.243. The Morgan fingerprint density at radius 1 is 1.31 bits per heavy atom. The van der Waals surface area contributed by atoms with Gasteiger partial charge in [0, 0.05) is 12.5 Å². The van der Waals surface area contributed by atoms with Crippen molar-refractivity contribution >= 4 is 21.7 Å². The molecule has 8 nitrogen and oxygen atoms in total. The number of sulfone groups is 1. The van der Waals surface area contributed by atoms with Crippen LogP contribution >= 0.6 is 0 Å². The Labute approximate surface area is 153 Å². The zero-order valence-corrected chi connectivity index (χ0v) is 15.9. The van der Waals surface area contributed by atoms with Gasteiger partial charge in [-0.15, -0.1) is 0 Å². The normalized spacial score (nSPS) is 18.6. The summed E-state index contributed by atoms with van der Waals surface area (Å²) in [7, 11) is -1.84. The molecular formula is C17H25N3O5S. The molecule has 1 atom stereocenters. The molecule has 1 amide bonds. The van der Waals surface area contributed by atoms with E-state index in [-0.39, 0.29) is 23.9 Å². The van der Waals surface area contributed by atoms with Crippen LogP contribution in [0.3, 0.4) is 0 Å². The number of rotatable bonds is 9. The minimum Gasteiger partial charge on any atom is -0.467 e. The number of esters is 1. The number of aromatic nitrogens is 2. The zero-order chi connectivity index (χ0) is 18.9. The van der Waals surface area contributed by atoms with Gasteiger partial charge in [0.05, 0.1) is 19.4 Å². The first-order chi connectivity index (χ1) is 12.3. The quantitative estimate of drug-likeness (QED) is 0.627. The van der Waals surface area contributed by atoms with Crippen LogP contribution in [0.15, 0.2) is 12.3 Å². The maximum Gasteiger partial charge on any atom is 0.328 e. The lowest BCUT2D eigenvalue weighted by Gasteiger charge is -2.26. The lowest BCUT2D eigenvalue weighted by atomic mass is 9.89. The van der Waals surface area contributed by atoms with Crippen molar-refractivity contribution in [2.24, 2.45) is 17.8 Å². The molecule has 9 heteroatoms. The third kappa shape index (κ3) is 4.63. The van der Waals surface area contributed by atoms with E-state index in [1.165, 1.54) is 24.1 Å². The Morgan fingerprint density at radius 3 is 2.42 bits per heavy atom. The number of hydrogen-bond acceptors (Lipinski definition) is 6. The predicted octanol–water partition coefficient (Wildman–Crippen LogP) is 0.635. The minimum atomic E-state index is -3.17. The molecule has 1 aromatic rings. The van der Waals surface area contributed by atoms with E-state index in [1.54, 1.807) is 0 Å². The van der Waals surface area contributed by atoms with Gasteiger partial charge in [-0.25, -0.2) is 13.2 Å². The zero-order valence-electron chi connectivity index (χ0n) is 15.1. The van der Waals surface area contributed by atoms with Crippen molar-refractivity contribution in [2.75, 3.05) is 19.1 Å². The Morgan fingerprint density at radius 2 is 1.92 bits per heavy atom. The second-order valence-corrected chi connectivity index (χ2v) is 9.56. The average Bonchev–Trinajstić information content (AvgIpc) is 3.51. The third-order valence-corrected chi connectivity index (χ3v) is 6.01. The monoisotopic (exact) mass is 383 g/mol. The predicted molar refractivity (Wildman–Crippen MR) is 94.1 cm³/mol. The van der Waals surface area contributed by atoms with Crippen molar-refractivity contribution in [1.29, 1.82) is 0 Å². The van der Waals surface area contributed by atoms with Gasteiger partial charge in [-0.3, -0.25) is 9.48 Å². The molecule has 26 heavy (non-hydrogen) atoms. The lowest BCUT2D eigenvalue weighted by Crippen LogP contribution is -2.48. The summed E-state index contributed by atoms with van der Waals surface area (Å²) in [6.45, 7) is 0.0894. The van der Waals surface area contributed by atoms with Gasteiger partial charge in [-0.05, 0) is 49.5 Å². The van der Waals surface area contributed by atoms with E-state index in [4.69, 9.17) is 4.74 Å². The number of aryl methyl sites for hydroxylation is 1. The van der Waals surface area contributed by atoms with Crippen LogP contribution in [-0.2, 0) is 25.9 Å². The molecular weight excluding hydrogens is 358 g/mol. The SMILES string of the molecule is COC(=O)[C@@H](NC(=O)c1ccnn1CCS(C)(=O)=O)C(C1CC1)C1CC1. The Balaban J connectivity index is 1.74. The highest BCUT2D eigenvalue weighted by molar-refractivity contribution is 7.90. The largest absolute Gasteiger partial charge is 0.467 e. The molecule has 144 valence electrons. The first-order valence-electron chi connectivity index (χ1n) is 8.88. The molecule has 1 N–H and O–H groups in total. The molecule has 2 aliphatic rings. The lowest BCUT2D eigenvalue weighted by molar-refractivity contribution is -0.145. The maximum atomic E-state index is 12.7. The summed E-state index contributed by atoms with van der Waals surface area (Å²) < 4.78 is 29.0. The van der Waals surface area contributed by atoms with Crippen molar-refractivity contribution in [3.05, 3.63) is 18.0 Å². The van der Waals surface area contributed by atoms with E-state index in [9.17, 15) is 18.0 Å². The van der Waals surface area contributed by atoms with Crippen LogP contribution in [0, 0.1) is 17.8 Å². The Hall–Kier alpha value is -1.90. The summed E-state index contributed by atoms with van der Waals surface area (Å²) in [6, 6.07) is 0.848. The van der Waals surface area contributed by atoms with Crippen molar-refractivity contribution in [3.63, 3.8) is 0 Å². The number of amides is 1. The molecule has 0 aliphatic heterocycles. The van der Waals surface area contributed by atoms with Gasteiger partial charge in [0.25, 0.3) is 5.91 Å². The summed E-state index contributed by atoms with van der Waals surface area (Å²) in [5, 5.41) is 6.85. The second-order valence-electron chi connectivity index (χ2n) is 7.30. The van der Waals surface area contributed by atoms with Crippen LogP contribution in [0.5, 0.6) is 0 Å². The number of nitrogens with one attached hydrogen (secondary N) is 1. The number of carbonyl (C=O) groups excluding carboxylic acids is 2. The topological polar surface area (TPSA) is 107 Å². The molecule has 0 spiro atoms. The Kier molecular flexibility index (Phi) is 5.36. The van der Waals surface area contributed by atoms with Gasteiger partial charge < -0.3 is 10.1 Å². The van der Waals surface area contributed by atoms with Gasteiger partial charge in [0.2, 0.25) is 0 Å². The van der Waals surface area contributed by atoms with Gasteiger partial charge in [-0.2, -0.15) is 5.10 Å². The highest BCUT2D eigenvalue weighted by atomic mass is 32.2. The summed E-state index contributed by atoms with van der Waals surface area (Å²) in [4.78, 5) is 25.1. The fourth-order valence-corrected chi connectivity index (χ4v) is 4.01. The molecule has 1 heterocycles. The third-order valence-electron chi connectivity index (χ3n) is 5.08. The van der Waals surface area contributed by atoms with Crippen LogP contribution in [0.4, 0.5) is 0 Å². The molecule has 3 rings (SSSR count). The second kappa shape index (κ2) is 7.38.